The average Bonchev–Trinajstić information content (AvgIpc) is 3.54. The lowest BCUT2D eigenvalue weighted by Gasteiger charge is -2.22. The molecule has 2 aliphatic heterocycles. The molecular formula is C33H33N3O5S. The summed E-state index contributed by atoms with van der Waals surface area (Å²) in [5.41, 5.74) is 2.61. The molecule has 216 valence electrons. The highest BCUT2D eigenvalue weighted by atomic mass is 32.2. The van der Waals surface area contributed by atoms with Gasteiger partial charge in [-0.3, -0.25) is 14.4 Å². The molecule has 8 nitrogen and oxygen atoms in total. The summed E-state index contributed by atoms with van der Waals surface area (Å²) in [6.45, 7) is 5.14. The number of fused-ring (bicyclic) bond motifs is 3. The number of rotatable bonds is 8. The molecule has 9 heteroatoms. The number of likely N-dealkylation sites (tertiary alicyclic amines) is 1. The number of nitrogens with zero attached hydrogens (tertiary/aromatic N) is 1. The van der Waals surface area contributed by atoms with E-state index in [0.29, 0.717) is 36.3 Å². The molecule has 0 bridgehead atoms. The number of ether oxygens (including phenoxy) is 1. The number of carbonyl (C=O) groups is 4. The molecule has 1 saturated carbocycles. The van der Waals surface area contributed by atoms with Crippen LogP contribution in [-0.4, -0.2) is 47.7 Å². The van der Waals surface area contributed by atoms with Crippen molar-refractivity contribution >= 4 is 41.1 Å². The molecule has 0 radical (unpaired) electrons. The van der Waals surface area contributed by atoms with Crippen molar-refractivity contribution < 1.29 is 23.9 Å². The predicted molar refractivity (Wildman–Crippen MR) is 159 cm³/mol. The molecule has 3 atom stereocenters. The van der Waals surface area contributed by atoms with Gasteiger partial charge < -0.3 is 20.3 Å². The maximum atomic E-state index is 13.4. The molecule has 0 aromatic heterocycles. The van der Waals surface area contributed by atoms with E-state index in [0.717, 1.165) is 15.4 Å². The summed E-state index contributed by atoms with van der Waals surface area (Å²) in [5, 5.41) is 5.88. The van der Waals surface area contributed by atoms with Crippen molar-refractivity contribution in [3.8, 4) is 0 Å². The molecule has 0 spiro atoms. The minimum absolute atomic E-state index is 0.0690. The van der Waals surface area contributed by atoms with E-state index in [1.165, 1.54) is 11.8 Å². The van der Waals surface area contributed by atoms with Gasteiger partial charge in [0.25, 0.3) is 11.8 Å². The highest BCUT2D eigenvalue weighted by Crippen LogP contribution is 2.52. The van der Waals surface area contributed by atoms with Gasteiger partial charge in [0.1, 0.15) is 12.6 Å². The molecule has 3 aromatic rings. The molecule has 6 rings (SSSR count). The molecule has 3 unspecified atom stereocenters. The van der Waals surface area contributed by atoms with Gasteiger partial charge in [0.05, 0.1) is 11.3 Å². The van der Waals surface area contributed by atoms with E-state index in [1.807, 2.05) is 68.4 Å². The van der Waals surface area contributed by atoms with Gasteiger partial charge in [-0.05, 0) is 60.1 Å². The molecule has 2 N–H and O–H groups in total. The normalized spacial score (nSPS) is 20.9. The Morgan fingerprint density at radius 2 is 1.69 bits per heavy atom. The first-order valence-corrected chi connectivity index (χ1v) is 15.1. The Labute approximate surface area is 249 Å². The van der Waals surface area contributed by atoms with E-state index >= 15 is 0 Å². The summed E-state index contributed by atoms with van der Waals surface area (Å²) in [5.74, 6) is -0.774. The Balaban J connectivity index is 1.05. The fourth-order valence-electron chi connectivity index (χ4n) is 5.95. The van der Waals surface area contributed by atoms with Crippen LogP contribution in [0, 0.1) is 23.7 Å². The summed E-state index contributed by atoms with van der Waals surface area (Å²) in [6, 6.07) is 21.6. The second-order valence-electron chi connectivity index (χ2n) is 11.6. The van der Waals surface area contributed by atoms with E-state index in [9.17, 15) is 19.2 Å². The lowest BCUT2D eigenvalue weighted by Crippen LogP contribution is -2.44. The third-order valence-electron chi connectivity index (χ3n) is 8.14. The van der Waals surface area contributed by atoms with Gasteiger partial charge in [0, 0.05) is 34.4 Å². The van der Waals surface area contributed by atoms with E-state index in [1.54, 1.807) is 23.1 Å². The molecule has 2 fully saturated rings. The second kappa shape index (κ2) is 11.6. The molecule has 3 aromatic carbocycles. The minimum Gasteiger partial charge on any atom is -0.459 e. The Kier molecular flexibility index (Phi) is 7.77. The van der Waals surface area contributed by atoms with Gasteiger partial charge in [0.15, 0.2) is 0 Å². The van der Waals surface area contributed by atoms with Crippen LogP contribution in [0.2, 0.25) is 0 Å². The van der Waals surface area contributed by atoms with Crippen molar-refractivity contribution in [2.45, 2.75) is 42.7 Å². The van der Waals surface area contributed by atoms with Gasteiger partial charge in [-0.1, -0.05) is 68.1 Å². The Hall–Kier alpha value is -4.11. The maximum Gasteiger partial charge on any atom is 0.328 e. The lowest BCUT2D eigenvalue weighted by molar-refractivity contribution is -0.149. The molecule has 3 aliphatic rings. The molecule has 2 heterocycles. The summed E-state index contributed by atoms with van der Waals surface area (Å²) >= 11 is 1.50. The van der Waals surface area contributed by atoms with Gasteiger partial charge in [-0.15, -0.1) is 0 Å². The Bertz CT molecular complexity index is 1530. The highest BCUT2D eigenvalue weighted by Gasteiger charge is 2.60. The van der Waals surface area contributed by atoms with Crippen molar-refractivity contribution in [3.05, 3.63) is 89.5 Å². The molecule has 1 aliphatic carbocycles. The van der Waals surface area contributed by atoms with Crippen molar-refractivity contribution in [3.63, 3.8) is 0 Å². The van der Waals surface area contributed by atoms with Crippen LogP contribution in [0.25, 0.3) is 0 Å². The smallest absolute Gasteiger partial charge is 0.328 e. The second-order valence-corrected chi connectivity index (χ2v) is 12.7. The SMILES string of the molecule is CC(C)CC(NC(=O)C1C2CN(C(=O)c3ccc4c(c3)NC(=O)c3ccccc3S4)CC21)C(=O)OCc1ccccc1. The van der Waals surface area contributed by atoms with Crippen LogP contribution < -0.4 is 10.6 Å². The lowest BCUT2D eigenvalue weighted by atomic mass is 10.0. The van der Waals surface area contributed by atoms with Gasteiger partial charge in [0.2, 0.25) is 5.91 Å². The van der Waals surface area contributed by atoms with Crippen LogP contribution in [0.5, 0.6) is 0 Å². The van der Waals surface area contributed by atoms with Crippen LogP contribution in [-0.2, 0) is 20.9 Å². The van der Waals surface area contributed by atoms with E-state index in [-0.39, 0.29) is 48.0 Å². The zero-order chi connectivity index (χ0) is 29.4. The number of amides is 3. The monoisotopic (exact) mass is 583 g/mol. The van der Waals surface area contributed by atoms with Crippen molar-refractivity contribution in [1.29, 1.82) is 0 Å². The quantitative estimate of drug-likeness (QED) is 0.362. The number of hydrogen-bond donors (Lipinski definition) is 2. The fraction of sp³-hybridized carbons (Fsp3) is 0.333. The standard InChI is InChI=1S/C33H33N3O5S/c1-19(2)14-26(33(40)41-18-20-8-4-3-5-9-20)35-31(38)29-23-16-36(17-24(23)29)32(39)21-12-13-28-25(15-21)34-30(37)22-10-6-7-11-27(22)42-28/h3-13,15,19,23-24,26,29H,14,16-18H2,1-2H3,(H,34,37)(H,35,38). The summed E-state index contributed by atoms with van der Waals surface area (Å²) in [4.78, 5) is 55.7. The van der Waals surface area contributed by atoms with Crippen LogP contribution in [0.3, 0.4) is 0 Å². The first kappa shape index (κ1) is 28.0. The maximum absolute atomic E-state index is 13.4. The largest absolute Gasteiger partial charge is 0.459 e. The van der Waals surface area contributed by atoms with Crippen molar-refractivity contribution in [2.24, 2.45) is 23.7 Å². The topological polar surface area (TPSA) is 105 Å². The number of benzene rings is 3. The molecule has 3 amide bonds. The minimum atomic E-state index is -0.709. The predicted octanol–water partition coefficient (Wildman–Crippen LogP) is 5.00. The van der Waals surface area contributed by atoms with Crippen LogP contribution in [0.1, 0.15) is 46.5 Å². The van der Waals surface area contributed by atoms with Gasteiger partial charge in [-0.25, -0.2) is 4.79 Å². The third kappa shape index (κ3) is 5.79. The van der Waals surface area contributed by atoms with Crippen LogP contribution in [0.4, 0.5) is 5.69 Å². The zero-order valence-corrected chi connectivity index (χ0v) is 24.4. The van der Waals surface area contributed by atoms with Crippen molar-refractivity contribution in [1.82, 2.24) is 10.2 Å². The zero-order valence-electron chi connectivity index (χ0n) is 23.5. The molecular weight excluding hydrogens is 550 g/mol. The number of esters is 1. The first-order chi connectivity index (χ1) is 20.3. The van der Waals surface area contributed by atoms with E-state index < -0.39 is 12.0 Å². The number of carbonyl (C=O) groups excluding carboxylic acids is 4. The van der Waals surface area contributed by atoms with Crippen LogP contribution >= 0.6 is 11.8 Å². The fourth-order valence-corrected chi connectivity index (χ4v) is 6.96. The number of hydrogen-bond acceptors (Lipinski definition) is 6. The van der Waals surface area contributed by atoms with Crippen LogP contribution in [0.15, 0.2) is 82.6 Å². The summed E-state index contributed by atoms with van der Waals surface area (Å²) in [6.07, 6.45) is 0.490. The number of piperidine rings is 1. The van der Waals surface area contributed by atoms with E-state index in [4.69, 9.17) is 4.74 Å². The average molecular weight is 584 g/mol. The number of nitrogens with one attached hydrogen (secondary N) is 2. The summed E-state index contributed by atoms with van der Waals surface area (Å²) < 4.78 is 5.52. The Morgan fingerprint density at radius 1 is 0.976 bits per heavy atom. The van der Waals surface area contributed by atoms with Crippen molar-refractivity contribution in [2.75, 3.05) is 18.4 Å². The van der Waals surface area contributed by atoms with Gasteiger partial charge in [-0.2, -0.15) is 0 Å². The summed E-state index contributed by atoms with van der Waals surface area (Å²) in [7, 11) is 0. The third-order valence-corrected chi connectivity index (χ3v) is 9.29. The first-order valence-electron chi connectivity index (χ1n) is 14.3. The van der Waals surface area contributed by atoms with Gasteiger partial charge >= 0.3 is 5.97 Å². The highest BCUT2D eigenvalue weighted by molar-refractivity contribution is 7.99. The molecule has 42 heavy (non-hydrogen) atoms. The molecule has 1 saturated heterocycles. The van der Waals surface area contributed by atoms with E-state index in [2.05, 4.69) is 10.6 Å². The number of anilines is 1. The Morgan fingerprint density at radius 3 is 2.43 bits per heavy atom.